The first-order chi connectivity index (χ1) is 16.8. The molecule has 0 spiro atoms. The second kappa shape index (κ2) is 10.5. The Bertz CT molecular complexity index is 1270. The summed E-state index contributed by atoms with van der Waals surface area (Å²) < 4.78 is 41.0. The van der Waals surface area contributed by atoms with Crippen LogP contribution in [0.1, 0.15) is 24.0 Å². The van der Waals surface area contributed by atoms with Gasteiger partial charge in [-0.3, -0.25) is 4.79 Å². The first kappa shape index (κ1) is 24.8. The summed E-state index contributed by atoms with van der Waals surface area (Å²) >= 11 is 0. The lowest BCUT2D eigenvalue weighted by atomic mass is 10.1. The molecule has 0 unspecified atom stereocenters. The van der Waals surface area contributed by atoms with Crippen LogP contribution in [-0.2, 0) is 19.6 Å². The van der Waals surface area contributed by atoms with Crippen molar-refractivity contribution in [3.05, 3.63) is 53.9 Å². The van der Waals surface area contributed by atoms with Gasteiger partial charge in [-0.25, -0.2) is 8.42 Å². The van der Waals surface area contributed by atoms with E-state index < -0.39 is 15.9 Å². The van der Waals surface area contributed by atoms with Gasteiger partial charge >= 0.3 is 0 Å². The van der Waals surface area contributed by atoms with Gasteiger partial charge < -0.3 is 14.8 Å². The zero-order valence-corrected chi connectivity index (χ0v) is 20.7. The van der Waals surface area contributed by atoms with Gasteiger partial charge in [-0.2, -0.15) is 8.99 Å². The minimum absolute atomic E-state index is 0.0101. The van der Waals surface area contributed by atoms with Crippen LogP contribution >= 0.6 is 0 Å². The van der Waals surface area contributed by atoms with Gasteiger partial charge in [0.05, 0.1) is 24.7 Å². The number of rotatable bonds is 9. The molecule has 1 N–H and O–H groups in total. The van der Waals surface area contributed by atoms with E-state index >= 15 is 0 Å². The number of para-hydroxylation sites is 1. The summed E-state index contributed by atoms with van der Waals surface area (Å²) in [5, 5.41) is 13.9. The fourth-order valence-corrected chi connectivity index (χ4v) is 5.49. The number of aryl methyl sites for hydroxylation is 2. The number of carbonyl (C=O) groups excluding carboxylic acids is 1. The van der Waals surface area contributed by atoms with Crippen molar-refractivity contribution in [1.29, 1.82) is 0 Å². The summed E-state index contributed by atoms with van der Waals surface area (Å²) in [6.07, 6.45) is 2.68. The van der Waals surface area contributed by atoms with Crippen molar-refractivity contribution in [2.24, 2.45) is 0 Å². The highest BCUT2D eigenvalue weighted by Crippen LogP contribution is 2.28. The smallest absolute Gasteiger partial charge is 0.243 e. The largest absolute Gasteiger partial charge is 0.494 e. The van der Waals surface area contributed by atoms with Crippen LogP contribution < -0.4 is 10.1 Å². The molecule has 0 radical (unpaired) electrons. The Morgan fingerprint density at radius 3 is 2.66 bits per heavy atom. The molecule has 0 aliphatic carbocycles. The van der Waals surface area contributed by atoms with Crippen molar-refractivity contribution in [3.8, 4) is 11.4 Å². The number of hydrogen-bond acceptors (Lipinski definition) is 8. The summed E-state index contributed by atoms with van der Waals surface area (Å²) in [7, 11) is -2.63. The molecule has 1 aliphatic heterocycles. The number of hydrogen-bond donors (Lipinski definition) is 1. The minimum Gasteiger partial charge on any atom is -0.494 e. The molecule has 2 heterocycles. The molecule has 1 fully saturated rings. The number of aromatic nitrogens is 4. The molecule has 11 nitrogen and oxygen atoms in total. The number of ether oxygens (including phenoxy) is 2. The predicted octanol–water partition coefficient (Wildman–Crippen LogP) is 2.10. The lowest BCUT2D eigenvalue weighted by Gasteiger charge is -2.25. The van der Waals surface area contributed by atoms with E-state index in [1.165, 1.54) is 30.3 Å². The summed E-state index contributed by atoms with van der Waals surface area (Å²) in [6, 6.07) is 10.1. The standard InChI is InChI=1S/C23H28N6O5S/c1-16-6-4-7-17(2)23(16)25-22(30)14-28(13-18-8-5-11-34-18)35(31,32)19-9-10-20(21(12-19)33-3)29-15-24-26-27-29/h4,6-7,9-10,12,15,18H,5,8,11,13-14H2,1-3H3,(H,25,30)/t18-/m0/s1. The van der Waals surface area contributed by atoms with E-state index in [1.54, 1.807) is 6.07 Å². The van der Waals surface area contributed by atoms with Crippen LogP contribution in [0.4, 0.5) is 5.69 Å². The first-order valence-corrected chi connectivity index (χ1v) is 12.6. The van der Waals surface area contributed by atoms with E-state index in [9.17, 15) is 13.2 Å². The maximum absolute atomic E-state index is 13.7. The molecule has 3 aromatic rings. The third-order valence-electron chi connectivity index (χ3n) is 5.88. The molecule has 4 rings (SSSR count). The van der Waals surface area contributed by atoms with Gasteiger partial charge in [-0.1, -0.05) is 18.2 Å². The van der Waals surface area contributed by atoms with Crippen molar-refractivity contribution in [3.63, 3.8) is 0 Å². The van der Waals surface area contributed by atoms with Gasteiger partial charge in [0, 0.05) is 24.9 Å². The van der Waals surface area contributed by atoms with Crippen molar-refractivity contribution < 1.29 is 22.7 Å². The second-order valence-electron chi connectivity index (χ2n) is 8.34. The Labute approximate surface area is 204 Å². The van der Waals surface area contributed by atoms with Crippen molar-refractivity contribution in [2.45, 2.75) is 37.7 Å². The summed E-state index contributed by atoms with van der Waals surface area (Å²) in [4.78, 5) is 13.0. The van der Waals surface area contributed by atoms with Gasteiger partial charge in [0.1, 0.15) is 17.8 Å². The number of nitrogens with zero attached hydrogens (tertiary/aromatic N) is 5. The lowest BCUT2D eigenvalue weighted by Crippen LogP contribution is -2.42. The first-order valence-electron chi connectivity index (χ1n) is 11.2. The van der Waals surface area contributed by atoms with Crippen molar-refractivity contribution >= 4 is 21.6 Å². The van der Waals surface area contributed by atoms with Crippen LogP contribution in [0.25, 0.3) is 5.69 Å². The molecule has 1 atom stereocenters. The number of nitrogens with one attached hydrogen (secondary N) is 1. The number of tetrazole rings is 1. The summed E-state index contributed by atoms with van der Waals surface area (Å²) in [5.74, 6) is -0.156. The fraction of sp³-hybridized carbons (Fsp3) is 0.391. The lowest BCUT2D eigenvalue weighted by molar-refractivity contribution is -0.116. The van der Waals surface area contributed by atoms with Gasteiger partial charge in [0.25, 0.3) is 0 Å². The SMILES string of the molecule is COc1cc(S(=O)(=O)N(CC(=O)Nc2c(C)cccc2C)C[C@@H]2CCCO2)ccc1-n1cnnn1. The molecule has 2 aromatic carbocycles. The third kappa shape index (κ3) is 5.50. The Hall–Kier alpha value is -3.35. The molecule has 186 valence electrons. The highest BCUT2D eigenvalue weighted by molar-refractivity contribution is 7.89. The third-order valence-corrected chi connectivity index (χ3v) is 7.69. The summed E-state index contributed by atoms with van der Waals surface area (Å²) in [5.41, 5.74) is 2.96. The quantitative estimate of drug-likeness (QED) is 0.473. The van der Waals surface area contributed by atoms with Crippen molar-refractivity contribution in [2.75, 3.05) is 32.1 Å². The van der Waals surface area contributed by atoms with E-state index in [4.69, 9.17) is 9.47 Å². The number of amides is 1. The maximum Gasteiger partial charge on any atom is 0.243 e. The van der Waals surface area contributed by atoms with E-state index in [0.29, 0.717) is 18.0 Å². The van der Waals surface area contributed by atoms with Crippen LogP contribution in [0.15, 0.2) is 47.6 Å². The minimum atomic E-state index is -4.06. The highest BCUT2D eigenvalue weighted by Gasteiger charge is 2.31. The van der Waals surface area contributed by atoms with Gasteiger partial charge in [0.15, 0.2) is 0 Å². The number of methoxy groups -OCH3 is 1. The van der Waals surface area contributed by atoms with Gasteiger partial charge in [0.2, 0.25) is 15.9 Å². The molecule has 0 saturated carbocycles. The molecule has 1 saturated heterocycles. The number of anilines is 1. The molecular formula is C23H28N6O5S. The fourth-order valence-electron chi connectivity index (χ4n) is 4.04. The topological polar surface area (TPSA) is 129 Å². The van der Waals surface area contributed by atoms with Crippen LogP contribution in [0.2, 0.25) is 0 Å². The van der Waals surface area contributed by atoms with Crippen LogP contribution in [0, 0.1) is 13.8 Å². The highest BCUT2D eigenvalue weighted by atomic mass is 32.2. The predicted molar refractivity (Wildman–Crippen MR) is 128 cm³/mol. The van der Waals surface area contributed by atoms with Gasteiger partial charge in [-0.15, -0.1) is 5.10 Å². The Balaban J connectivity index is 1.63. The molecule has 0 bridgehead atoms. The molecule has 1 aliphatic rings. The molecule has 1 aromatic heterocycles. The normalized spacial score (nSPS) is 15.9. The number of benzene rings is 2. The average molecular weight is 501 g/mol. The monoisotopic (exact) mass is 500 g/mol. The second-order valence-corrected chi connectivity index (χ2v) is 10.3. The number of carbonyl (C=O) groups is 1. The Morgan fingerprint density at radius 2 is 2.03 bits per heavy atom. The Kier molecular flexibility index (Phi) is 7.43. The van der Waals surface area contributed by atoms with Crippen LogP contribution in [0.5, 0.6) is 5.75 Å². The van der Waals surface area contributed by atoms with E-state index in [0.717, 1.165) is 28.3 Å². The Morgan fingerprint density at radius 1 is 1.26 bits per heavy atom. The van der Waals surface area contributed by atoms with Gasteiger partial charge in [-0.05, 0) is 60.4 Å². The van der Waals surface area contributed by atoms with Crippen LogP contribution in [-0.4, -0.2) is 71.7 Å². The average Bonchev–Trinajstić information content (AvgIpc) is 3.55. The van der Waals surface area contributed by atoms with E-state index in [2.05, 4.69) is 20.8 Å². The van der Waals surface area contributed by atoms with Crippen LogP contribution in [0.3, 0.4) is 0 Å². The molecule has 35 heavy (non-hydrogen) atoms. The summed E-state index contributed by atoms with van der Waals surface area (Å²) in [6.45, 7) is 4.07. The number of sulfonamides is 1. The van der Waals surface area contributed by atoms with E-state index in [1.807, 2.05) is 32.0 Å². The zero-order valence-electron chi connectivity index (χ0n) is 19.8. The zero-order chi connectivity index (χ0) is 25.0. The van der Waals surface area contributed by atoms with E-state index in [-0.39, 0.29) is 29.8 Å². The van der Waals surface area contributed by atoms with Crippen molar-refractivity contribution in [1.82, 2.24) is 24.5 Å². The molecule has 12 heteroatoms. The molecular weight excluding hydrogens is 472 g/mol. The molecule has 1 amide bonds. The maximum atomic E-state index is 13.7.